The second-order valence-corrected chi connectivity index (χ2v) is 12.3. The molecule has 0 amide bonds. The molecule has 35 heavy (non-hydrogen) atoms. The SMILES string of the molecule is CC(=O)O[C@H]1C[C@@]2(C)[C@H](c3ccoc3)C[C@H]3O[C@]32[C@]2(C)C(=O)C(O)=C3C(C)(C)C(=O)C=C[C@]3(C)[C@@H]12. The van der Waals surface area contributed by atoms with E-state index in [1.807, 2.05) is 19.9 Å². The maximum atomic E-state index is 14.3. The van der Waals surface area contributed by atoms with Crippen LogP contribution in [0, 0.1) is 27.6 Å². The molecule has 4 aliphatic carbocycles. The molecule has 0 aromatic carbocycles. The quantitative estimate of drug-likeness (QED) is 0.493. The maximum absolute atomic E-state index is 14.3. The van der Waals surface area contributed by atoms with Gasteiger partial charge in [0.15, 0.2) is 11.5 Å². The zero-order chi connectivity index (χ0) is 25.3. The zero-order valence-corrected chi connectivity index (χ0v) is 21.0. The van der Waals surface area contributed by atoms with E-state index < -0.39 is 51.0 Å². The van der Waals surface area contributed by atoms with E-state index >= 15 is 0 Å². The van der Waals surface area contributed by atoms with Crippen molar-refractivity contribution < 1.29 is 33.4 Å². The van der Waals surface area contributed by atoms with E-state index in [-0.39, 0.29) is 23.6 Å². The van der Waals surface area contributed by atoms with Gasteiger partial charge in [-0.15, -0.1) is 0 Å². The van der Waals surface area contributed by atoms with Gasteiger partial charge in [0.25, 0.3) is 0 Å². The van der Waals surface area contributed by atoms with Gasteiger partial charge < -0.3 is 19.0 Å². The fourth-order valence-corrected chi connectivity index (χ4v) is 9.22. The topological polar surface area (TPSA) is 106 Å². The lowest BCUT2D eigenvalue weighted by Gasteiger charge is -2.64. The highest BCUT2D eigenvalue weighted by Gasteiger charge is 2.88. The molecule has 1 N–H and O–H groups in total. The van der Waals surface area contributed by atoms with Crippen molar-refractivity contribution in [3.8, 4) is 0 Å². The van der Waals surface area contributed by atoms with Gasteiger partial charge in [-0.25, -0.2) is 0 Å². The Morgan fingerprint density at radius 3 is 2.51 bits per heavy atom. The first kappa shape index (κ1) is 22.8. The predicted molar refractivity (Wildman–Crippen MR) is 124 cm³/mol. The summed E-state index contributed by atoms with van der Waals surface area (Å²) in [7, 11) is 0. The first-order valence-corrected chi connectivity index (χ1v) is 12.4. The van der Waals surface area contributed by atoms with Gasteiger partial charge >= 0.3 is 5.97 Å². The number of furan rings is 1. The predicted octanol–water partition coefficient (Wildman–Crippen LogP) is 4.43. The fraction of sp³-hybridized carbons (Fsp3) is 0.607. The molecule has 8 atom stereocenters. The first-order valence-electron chi connectivity index (χ1n) is 12.4. The van der Waals surface area contributed by atoms with Crippen molar-refractivity contribution in [2.24, 2.45) is 27.6 Å². The summed E-state index contributed by atoms with van der Waals surface area (Å²) in [6.45, 7) is 10.8. The molecule has 0 unspecified atom stereocenters. The van der Waals surface area contributed by atoms with Crippen LogP contribution in [0.4, 0.5) is 0 Å². The van der Waals surface area contributed by atoms with Gasteiger partial charge in [-0.2, -0.15) is 0 Å². The monoisotopic (exact) mass is 480 g/mol. The van der Waals surface area contributed by atoms with Gasteiger partial charge in [0.2, 0.25) is 5.78 Å². The highest BCUT2D eigenvalue weighted by atomic mass is 16.6. The van der Waals surface area contributed by atoms with Crippen LogP contribution >= 0.6 is 0 Å². The third-order valence-corrected chi connectivity index (χ3v) is 10.4. The molecule has 3 fully saturated rings. The van der Waals surface area contributed by atoms with Crippen LogP contribution in [0.15, 0.2) is 46.5 Å². The number of carbonyl (C=O) groups is 3. The number of hydrogen-bond donors (Lipinski definition) is 1. The average molecular weight is 481 g/mol. The molecule has 1 saturated heterocycles. The second-order valence-electron chi connectivity index (χ2n) is 12.3. The third-order valence-electron chi connectivity index (χ3n) is 10.4. The minimum atomic E-state index is -1.17. The number of ether oxygens (including phenoxy) is 2. The van der Waals surface area contributed by atoms with Crippen molar-refractivity contribution in [2.75, 3.05) is 0 Å². The van der Waals surface area contributed by atoms with Gasteiger partial charge in [-0.1, -0.05) is 19.9 Å². The number of aliphatic hydroxyl groups excluding tert-OH is 1. The zero-order valence-electron chi connectivity index (χ0n) is 21.0. The molecule has 1 spiro atoms. The summed E-state index contributed by atoms with van der Waals surface area (Å²) in [6, 6.07) is 1.95. The Labute approximate surface area is 204 Å². The standard InChI is InChI=1S/C28H32O7/c1-14(29)34-17-12-26(5)16(15-8-10-33-13-15)11-19-28(26,35-19)27(6)21(17)25(4)9-7-18(30)24(2,3)22(25)20(31)23(27)32/h7-10,13,16-17,19,21,31H,11-12H2,1-6H3/t16-,17-,19+,21+,25+,26-,27-,28+/m0/s1. The third kappa shape index (κ3) is 2.30. The molecule has 2 heterocycles. The van der Waals surface area contributed by atoms with E-state index in [1.54, 1.807) is 38.5 Å². The molecule has 2 saturated carbocycles. The van der Waals surface area contributed by atoms with Crippen LogP contribution in [-0.2, 0) is 23.9 Å². The number of esters is 1. The molecule has 0 bridgehead atoms. The van der Waals surface area contributed by atoms with E-state index in [0.717, 1.165) is 5.56 Å². The van der Waals surface area contributed by atoms with Crippen LogP contribution < -0.4 is 0 Å². The Morgan fingerprint density at radius 2 is 1.89 bits per heavy atom. The molecular formula is C28H32O7. The number of aliphatic hydroxyl groups is 1. The van der Waals surface area contributed by atoms with Gasteiger partial charge in [0, 0.05) is 23.7 Å². The number of rotatable bonds is 2. The Morgan fingerprint density at radius 1 is 1.17 bits per heavy atom. The Hall–Kier alpha value is -2.67. The van der Waals surface area contributed by atoms with E-state index in [9.17, 15) is 19.5 Å². The lowest BCUT2D eigenvalue weighted by Crippen LogP contribution is -2.70. The number of allylic oxidation sites excluding steroid dienone is 4. The summed E-state index contributed by atoms with van der Waals surface area (Å²) >= 11 is 0. The minimum Gasteiger partial charge on any atom is -0.504 e. The van der Waals surface area contributed by atoms with E-state index in [0.29, 0.717) is 18.4 Å². The van der Waals surface area contributed by atoms with Crippen molar-refractivity contribution >= 4 is 17.5 Å². The van der Waals surface area contributed by atoms with Crippen molar-refractivity contribution in [1.29, 1.82) is 0 Å². The number of Topliss-reactive ketones (excluding diaryl/α,β-unsaturated/α-hetero) is 1. The Balaban J connectivity index is 1.62. The number of hydrogen-bond acceptors (Lipinski definition) is 7. The van der Waals surface area contributed by atoms with Crippen LogP contribution in [0.3, 0.4) is 0 Å². The molecule has 186 valence electrons. The Kier molecular flexibility index (Phi) is 4.14. The molecular weight excluding hydrogens is 448 g/mol. The van der Waals surface area contributed by atoms with Crippen LogP contribution in [0.2, 0.25) is 0 Å². The molecule has 1 aromatic heterocycles. The largest absolute Gasteiger partial charge is 0.504 e. The van der Waals surface area contributed by atoms with Crippen molar-refractivity contribution in [3.05, 3.63) is 47.6 Å². The van der Waals surface area contributed by atoms with Crippen molar-refractivity contribution in [2.45, 2.75) is 78.1 Å². The summed E-state index contributed by atoms with van der Waals surface area (Å²) in [5.41, 5.74) is -3.06. The summed E-state index contributed by atoms with van der Waals surface area (Å²) in [6.07, 6.45) is 7.17. The van der Waals surface area contributed by atoms with E-state index in [4.69, 9.17) is 13.9 Å². The molecule has 1 aromatic rings. The Bertz CT molecular complexity index is 1240. The van der Waals surface area contributed by atoms with Gasteiger partial charge in [0.05, 0.1) is 29.5 Å². The molecule has 5 aliphatic rings. The smallest absolute Gasteiger partial charge is 0.302 e. The lowest BCUT2D eigenvalue weighted by atomic mass is 9.38. The van der Waals surface area contributed by atoms with Crippen LogP contribution in [0.5, 0.6) is 0 Å². The molecule has 7 nitrogen and oxygen atoms in total. The average Bonchev–Trinajstić information content (AvgIpc) is 3.13. The summed E-state index contributed by atoms with van der Waals surface area (Å²) in [4.78, 5) is 39.6. The van der Waals surface area contributed by atoms with E-state index in [1.165, 1.54) is 6.92 Å². The van der Waals surface area contributed by atoms with Crippen molar-refractivity contribution in [3.63, 3.8) is 0 Å². The summed E-state index contributed by atoms with van der Waals surface area (Å²) in [5, 5.41) is 11.5. The van der Waals surface area contributed by atoms with Gasteiger partial charge in [-0.05, 0) is 62.8 Å². The number of carbonyl (C=O) groups excluding carboxylic acids is 3. The highest BCUT2D eigenvalue weighted by Crippen LogP contribution is 2.81. The molecule has 0 radical (unpaired) electrons. The normalized spacial score (nSPS) is 47.0. The van der Waals surface area contributed by atoms with Crippen molar-refractivity contribution in [1.82, 2.24) is 0 Å². The van der Waals surface area contributed by atoms with Crippen LogP contribution in [0.1, 0.15) is 65.9 Å². The van der Waals surface area contributed by atoms with Gasteiger partial charge in [-0.3, -0.25) is 14.4 Å². The van der Waals surface area contributed by atoms with Crippen LogP contribution in [-0.4, -0.2) is 40.5 Å². The number of fused-ring (bicyclic) bond motifs is 3. The highest BCUT2D eigenvalue weighted by molar-refractivity contribution is 6.06. The fourth-order valence-electron chi connectivity index (χ4n) is 9.22. The molecule has 7 heteroatoms. The second kappa shape index (κ2) is 6.36. The summed E-state index contributed by atoms with van der Waals surface area (Å²) < 4.78 is 17.9. The molecule has 6 rings (SSSR count). The summed E-state index contributed by atoms with van der Waals surface area (Å²) in [5.74, 6) is -1.84. The first-order chi connectivity index (χ1) is 16.3. The number of epoxide rings is 1. The minimum absolute atomic E-state index is 0.0453. The van der Waals surface area contributed by atoms with E-state index in [2.05, 4.69) is 6.92 Å². The number of ketones is 2. The lowest BCUT2D eigenvalue weighted by molar-refractivity contribution is -0.200. The maximum Gasteiger partial charge on any atom is 0.302 e. The van der Waals surface area contributed by atoms with Gasteiger partial charge in [0.1, 0.15) is 11.7 Å². The molecule has 1 aliphatic heterocycles. The van der Waals surface area contributed by atoms with Crippen LogP contribution in [0.25, 0.3) is 0 Å².